The zero-order valence-corrected chi connectivity index (χ0v) is 15.5. The van der Waals surface area contributed by atoms with Crippen LogP contribution in [0.3, 0.4) is 0 Å². The molecule has 1 unspecified atom stereocenters. The molecule has 0 aromatic heterocycles. The van der Waals surface area contributed by atoms with Gasteiger partial charge in [0.05, 0.1) is 0 Å². The second-order valence-electron chi connectivity index (χ2n) is 6.83. The molecule has 1 rings (SSSR count). The van der Waals surface area contributed by atoms with Crippen molar-refractivity contribution in [1.29, 1.82) is 0 Å². The molecule has 0 bridgehead atoms. The first-order valence-electron chi connectivity index (χ1n) is 9.34. The van der Waals surface area contributed by atoms with Crippen molar-refractivity contribution in [3.63, 3.8) is 0 Å². The number of alkyl halides is 5. The molecular formula is C20H27F5O2. The number of aliphatic carboxylic acids is 1. The van der Waals surface area contributed by atoms with Gasteiger partial charge >= 0.3 is 23.5 Å². The van der Waals surface area contributed by atoms with Crippen molar-refractivity contribution in [2.75, 3.05) is 0 Å². The molecule has 0 saturated carbocycles. The Kier molecular flexibility index (Phi) is 8.69. The molecule has 1 atom stereocenters. The number of carboxylic acid groups (broad SMARTS) is 1. The molecule has 0 amide bonds. The average molecular weight is 394 g/mol. The van der Waals surface area contributed by atoms with Crippen LogP contribution in [0.15, 0.2) is 30.3 Å². The number of carboxylic acids is 1. The summed E-state index contributed by atoms with van der Waals surface area (Å²) in [6.07, 6.45) is 4.47. The molecule has 0 spiro atoms. The fraction of sp³-hybridized carbons (Fsp3) is 0.650. The van der Waals surface area contributed by atoms with Gasteiger partial charge in [-0.2, -0.15) is 17.6 Å². The molecule has 1 aromatic carbocycles. The van der Waals surface area contributed by atoms with E-state index < -0.39 is 35.5 Å². The molecule has 0 radical (unpaired) electrons. The van der Waals surface area contributed by atoms with Crippen molar-refractivity contribution in [3.05, 3.63) is 35.9 Å². The van der Waals surface area contributed by atoms with Crippen molar-refractivity contribution in [3.8, 4) is 0 Å². The predicted molar refractivity (Wildman–Crippen MR) is 94.0 cm³/mol. The molecule has 2 nitrogen and oxygen atoms in total. The first-order valence-corrected chi connectivity index (χ1v) is 9.34. The number of carbonyl (C=O) groups is 1. The number of benzene rings is 1. The minimum Gasteiger partial charge on any atom is -0.478 e. The van der Waals surface area contributed by atoms with E-state index in [2.05, 4.69) is 6.92 Å². The van der Waals surface area contributed by atoms with E-state index in [0.29, 0.717) is 12.8 Å². The molecule has 0 fully saturated rings. The molecule has 0 saturated heterocycles. The van der Waals surface area contributed by atoms with Gasteiger partial charge in [0, 0.05) is 12.0 Å². The lowest BCUT2D eigenvalue weighted by molar-refractivity contribution is -0.277. The summed E-state index contributed by atoms with van der Waals surface area (Å²) in [5, 5.41) is 9.01. The van der Waals surface area contributed by atoms with Crippen molar-refractivity contribution >= 4 is 5.97 Å². The highest BCUT2D eigenvalue weighted by molar-refractivity contribution is 5.81. The summed E-state index contributed by atoms with van der Waals surface area (Å²) in [4.78, 5) is 11.2. The summed E-state index contributed by atoms with van der Waals surface area (Å²) >= 11 is 0. The minimum atomic E-state index is -5.38. The van der Waals surface area contributed by atoms with Crippen molar-refractivity contribution < 1.29 is 31.9 Å². The molecule has 27 heavy (non-hydrogen) atoms. The zero-order chi connectivity index (χ0) is 20.6. The summed E-state index contributed by atoms with van der Waals surface area (Å²) in [6.45, 7) is 2.07. The van der Waals surface area contributed by atoms with Crippen LogP contribution in [0.2, 0.25) is 0 Å². The summed E-state index contributed by atoms with van der Waals surface area (Å²) in [5.74, 6) is -12.8. The Bertz CT molecular complexity index is 577. The topological polar surface area (TPSA) is 37.3 Å². The van der Waals surface area contributed by atoms with Crippen LogP contribution in [-0.2, 0) is 10.5 Å². The van der Waals surface area contributed by atoms with Crippen LogP contribution in [0, 0.1) is 0 Å². The molecule has 0 aliphatic carbocycles. The van der Waals surface area contributed by atoms with E-state index in [1.54, 1.807) is 0 Å². The van der Waals surface area contributed by atoms with E-state index in [9.17, 15) is 26.7 Å². The number of rotatable bonds is 13. The maximum absolute atomic E-state index is 14.8. The molecule has 154 valence electrons. The van der Waals surface area contributed by atoms with Gasteiger partial charge in [0.1, 0.15) is 0 Å². The summed E-state index contributed by atoms with van der Waals surface area (Å²) in [6, 6.07) is 5.14. The SMILES string of the molecule is CCCCCCCCCCC(F)(F)C(F)(F)C(F)(C(=O)O)c1ccccc1. The Morgan fingerprint density at radius 2 is 1.33 bits per heavy atom. The number of hydrogen-bond acceptors (Lipinski definition) is 1. The highest BCUT2D eigenvalue weighted by Crippen LogP contribution is 2.52. The summed E-state index contributed by atoms with van der Waals surface area (Å²) < 4.78 is 72.0. The first kappa shape index (κ1) is 23.4. The second-order valence-corrected chi connectivity index (χ2v) is 6.83. The highest BCUT2D eigenvalue weighted by Gasteiger charge is 2.73. The van der Waals surface area contributed by atoms with Gasteiger partial charge in [0.2, 0.25) is 0 Å². The smallest absolute Gasteiger partial charge is 0.358 e. The van der Waals surface area contributed by atoms with Crippen LogP contribution in [-0.4, -0.2) is 22.9 Å². The Balaban J connectivity index is 2.76. The third-order valence-corrected chi connectivity index (χ3v) is 4.70. The van der Waals surface area contributed by atoms with E-state index in [1.807, 2.05) is 0 Å². The number of unbranched alkanes of at least 4 members (excludes halogenated alkanes) is 7. The van der Waals surface area contributed by atoms with Gasteiger partial charge in [-0.3, -0.25) is 0 Å². The van der Waals surface area contributed by atoms with Gasteiger partial charge in [-0.15, -0.1) is 0 Å². The number of hydrogen-bond donors (Lipinski definition) is 1. The summed E-state index contributed by atoms with van der Waals surface area (Å²) in [7, 11) is 0. The number of halogens is 5. The third kappa shape index (κ3) is 5.42. The fourth-order valence-electron chi connectivity index (χ4n) is 3.00. The molecular weight excluding hydrogens is 367 g/mol. The lowest BCUT2D eigenvalue weighted by Crippen LogP contribution is -2.58. The van der Waals surface area contributed by atoms with Crippen LogP contribution in [0.5, 0.6) is 0 Å². The third-order valence-electron chi connectivity index (χ3n) is 4.70. The lowest BCUT2D eigenvalue weighted by atomic mass is 9.84. The van der Waals surface area contributed by atoms with Gasteiger partial charge in [0.25, 0.3) is 0 Å². The normalized spacial score (nSPS) is 14.7. The molecule has 0 heterocycles. The van der Waals surface area contributed by atoms with Gasteiger partial charge in [0.15, 0.2) is 0 Å². The predicted octanol–water partition coefficient (Wildman–Crippen LogP) is 6.74. The quantitative estimate of drug-likeness (QED) is 0.297. The average Bonchev–Trinajstić information content (AvgIpc) is 2.63. The zero-order valence-electron chi connectivity index (χ0n) is 15.5. The molecule has 1 aromatic rings. The van der Waals surface area contributed by atoms with Crippen LogP contribution in [0.1, 0.15) is 70.3 Å². The second kappa shape index (κ2) is 10.0. The van der Waals surface area contributed by atoms with E-state index in [1.165, 1.54) is 6.07 Å². The van der Waals surface area contributed by atoms with E-state index >= 15 is 0 Å². The lowest BCUT2D eigenvalue weighted by Gasteiger charge is -2.35. The van der Waals surface area contributed by atoms with Crippen molar-refractivity contribution in [1.82, 2.24) is 0 Å². The van der Waals surface area contributed by atoms with Crippen LogP contribution in [0.25, 0.3) is 0 Å². The minimum absolute atomic E-state index is 0.221. The van der Waals surface area contributed by atoms with Crippen LogP contribution >= 0.6 is 0 Å². The maximum Gasteiger partial charge on any atom is 0.358 e. The monoisotopic (exact) mass is 394 g/mol. The molecule has 0 aliphatic heterocycles. The molecule has 0 aliphatic rings. The van der Waals surface area contributed by atoms with Gasteiger partial charge in [-0.25, -0.2) is 9.18 Å². The maximum atomic E-state index is 14.8. The fourth-order valence-corrected chi connectivity index (χ4v) is 3.00. The van der Waals surface area contributed by atoms with E-state index in [-0.39, 0.29) is 6.42 Å². The molecule has 7 heteroatoms. The van der Waals surface area contributed by atoms with E-state index in [4.69, 9.17) is 5.11 Å². The molecule has 1 N–H and O–H groups in total. The summed E-state index contributed by atoms with van der Waals surface area (Å²) in [5.41, 5.74) is -5.50. The van der Waals surface area contributed by atoms with Crippen molar-refractivity contribution in [2.45, 2.75) is 82.2 Å². The first-order chi connectivity index (χ1) is 12.6. The van der Waals surface area contributed by atoms with E-state index in [0.717, 1.165) is 56.4 Å². The van der Waals surface area contributed by atoms with Gasteiger partial charge < -0.3 is 5.11 Å². The van der Waals surface area contributed by atoms with Crippen LogP contribution < -0.4 is 0 Å². The van der Waals surface area contributed by atoms with Crippen LogP contribution in [0.4, 0.5) is 22.0 Å². The Morgan fingerprint density at radius 1 is 0.852 bits per heavy atom. The standard InChI is InChI=1S/C20H27F5O2/c1-2-3-4-5-6-7-8-12-15-18(21,22)20(24,25)19(23,17(26)27)16-13-10-9-11-14-16/h9-11,13-14H,2-8,12,15H2,1H3,(H,26,27). The Morgan fingerprint density at radius 3 is 1.81 bits per heavy atom. The van der Waals surface area contributed by atoms with Gasteiger partial charge in [-0.1, -0.05) is 82.2 Å². The largest absolute Gasteiger partial charge is 0.478 e. The highest BCUT2D eigenvalue weighted by atomic mass is 19.3. The van der Waals surface area contributed by atoms with Crippen molar-refractivity contribution in [2.24, 2.45) is 0 Å². The Labute approximate surface area is 156 Å². The Hall–Kier alpha value is -1.66. The van der Waals surface area contributed by atoms with Gasteiger partial charge in [-0.05, 0) is 6.42 Å².